The summed E-state index contributed by atoms with van der Waals surface area (Å²) >= 11 is 0. The first kappa shape index (κ1) is 12.1. The summed E-state index contributed by atoms with van der Waals surface area (Å²) in [7, 11) is -1.28. The van der Waals surface area contributed by atoms with E-state index in [-0.39, 0.29) is 17.3 Å². The molecule has 0 saturated carbocycles. The Morgan fingerprint density at radius 3 is 2.71 bits per heavy atom. The Bertz CT molecular complexity index is 658. The van der Waals surface area contributed by atoms with Crippen molar-refractivity contribution in [2.45, 2.75) is 12.7 Å². The molecular weight excluding hydrogens is 241 g/mol. The molecule has 0 fully saturated rings. The number of hydrogen-bond acceptors (Lipinski definition) is 2. The number of halogens is 1. The lowest BCUT2D eigenvalue weighted by molar-refractivity contribution is 0.596. The molecule has 0 spiro atoms. The van der Waals surface area contributed by atoms with E-state index in [0.29, 0.717) is 10.9 Å². The van der Waals surface area contributed by atoms with Gasteiger partial charge in [0, 0.05) is 29.9 Å². The zero-order valence-corrected chi connectivity index (χ0v) is 10.6. The Labute approximate surface area is 99.8 Å². The van der Waals surface area contributed by atoms with Crippen molar-refractivity contribution in [3.05, 3.63) is 35.8 Å². The standard InChI is InChI=1S/C12H14FNO2S/c1-3-17(15,16)8-9-7-14(2)12-5-4-10(13)6-11(9)12/h4-7H,3,8H2,1-2H3. The van der Waals surface area contributed by atoms with Gasteiger partial charge in [-0.2, -0.15) is 0 Å². The molecule has 2 rings (SSSR count). The van der Waals surface area contributed by atoms with Gasteiger partial charge in [0.05, 0.1) is 5.75 Å². The van der Waals surface area contributed by atoms with Crippen LogP contribution < -0.4 is 0 Å². The van der Waals surface area contributed by atoms with Crippen LogP contribution in [-0.4, -0.2) is 18.7 Å². The molecule has 1 heterocycles. The smallest absolute Gasteiger partial charge is 0.154 e. The molecule has 0 unspecified atom stereocenters. The van der Waals surface area contributed by atoms with Crippen molar-refractivity contribution >= 4 is 20.7 Å². The van der Waals surface area contributed by atoms with Gasteiger partial charge in [-0.25, -0.2) is 12.8 Å². The summed E-state index contributed by atoms with van der Waals surface area (Å²) in [5.74, 6) is -0.290. The summed E-state index contributed by atoms with van der Waals surface area (Å²) in [6.45, 7) is 1.61. The summed E-state index contributed by atoms with van der Waals surface area (Å²) < 4.78 is 38.2. The molecule has 1 aromatic heterocycles. The van der Waals surface area contributed by atoms with E-state index in [1.807, 2.05) is 11.6 Å². The minimum Gasteiger partial charge on any atom is -0.350 e. The summed E-state index contributed by atoms with van der Waals surface area (Å²) in [6, 6.07) is 4.42. The number of sulfone groups is 1. The number of fused-ring (bicyclic) bond motifs is 1. The first-order chi connectivity index (χ1) is 7.93. The van der Waals surface area contributed by atoms with Crippen LogP contribution in [0.2, 0.25) is 0 Å². The SMILES string of the molecule is CCS(=O)(=O)Cc1cn(C)c2ccc(F)cc12. The van der Waals surface area contributed by atoms with Crippen LogP contribution in [0, 0.1) is 5.82 Å². The summed E-state index contributed by atoms with van der Waals surface area (Å²) in [6.07, 6.45) is 1.75. The van der Waals surface area contributed by atoms with Crippen LogP contribution >= 0.6 is 0 Å². The zero-order chi connectivity index (χ0) is 12.6. The van der Waals surface area contributed by atoms with Gasteiger partial charge in [-0.05, 0) is 23.8 Å². The van der Waals surface area contributed by atoms with Crippen molar-refractivity contribution in [2.24, 2.45) is 7.05 Å². The average molecular weight is 255 g/mol. The van der Waals surface area contributed by atoms with Crippen molar-refractivity contribution in [1.29, 1.82) is 0 Å². The van der Waals surface area contributed by atoms with Crippen LogP contribution in [0.25, 0.3) is 10.9 Å². The first-order valence-electron chi connectivity index (χ1n) is 5.37. The van der Waals surface area contributed by atoms with Gasteiger partial charge in [0.1, 0.15) is 5.82 Å². The zero-order valence-electron chi connectivity index (χ0n) is 9.77. The second-order valence-electron chi connectivity index (χ2n) is 4.10. The second kappa shape index (κ2) is 4.14. The molecule has 17 heavy (non-hydrogen) atoms. The first-order valence-corrected chi connectivity index (χ1v) is 7.19. The Balaban J connectivity index is 2.59. The van der Waals surface area contributed by atoms with E-state index in [2.05, 4.69) is 0 Å². The molecule has 3 nitrogen and oxygen atoms in total. The molecule has 5 heteroatoms. The number of nitrogens with zero attached hydrogens (tertiary/aromatic N) is 1. The molecule has 0 aliphatic heterocycles. The monoisotopic (exact) mass is 255 g/mol. The highest BCUT2D eigenvalue weighted by Gasteiger charge is 2.14. The largest absolute Gasteiger partial charge is 0.350 e. The van der Waals surface area contributed by atoms with E-state index in [9.17, 15) is 12.8 Å². The quantitative estimate of drug-likeness (QED) is 0.843. The van der Waals surface area contributed by atoms with Gasteiger partial charge in [-0.15, -0.1) is 0 Å². The number of benzene rings is 1. The predicted molar refractivity (Wildman–Crippen MR) is 66.0 cm³/mol. The lowest BCUT2D eigenvalue weighted by atomic mass is 10.2. The maximum absolute atomic E-state index is 13.2. The van der Waals surface area contributed by atoms with Crippen LogP contribution in [0.5, 0.6) is 0 Å². The number of rotatable bonds is 3. The van der Waals surface area contributed by atoms with Gasteiger partial charge >= 0.3 is 0 Å². The average Bonchev–Trinajstić information content (AvgIpc) is 2.55. The molecule has 92 valence electrons. The molecule has 0 bridgehead atoms. The van der Waals surface area contributed by atoms with Crippen LogP contribution in [0.3, 0.4) is 0 Å². The molecule has 0 radical (unpaired) electrons. The number of aromatic nitrogens is 1. The van der Waals surface area contributed by atoms with Gasteiger partial charge in [0.25, 0.3) is 0 Å². The van der Waals surface area contributed by atoms with E-state index >= 15 is 0 Å². The maximum atomic E-state index is 13.2. The third kappa shape index (κ3) is 2.34. The van der Waals surface area contributed by atoms with E-state index in [1.165, 1.54) is 12.1 Å². The van der Waals surface area contributed by atoms with Crippen LogP contribution in [0.1, 0.15) is 12.5 Å². The summed E-state index contributed by atoms with van der Waals surface area (Å²) in [4.78, 5) is 0. The molecule has 0 saturated heterocycles. The molecule has 1 aromatic carbocycles. The molecule has 0 aliphatic carbocycles. The number of aryl methyl sites for hydroxylation is 1. The lowest BCUT2D eigenvalue weighted by Crippen LogP contribution is -2.06. The van der Waals surface area contributed by atoms with Crippen molar-refractivity contribution < 1.29 is 12.8 Å². The fraction of sp³-hybridized carbons (Fsp3) is 0.333. The molecular formula is C12H14FNO2S. The topological polar surface area (TPSA) is 39.1 Å². The third-order valence-electron chi connectivity index (χ3n) is 2.85. The summed E-state index contributed by atoms with van der Waals surface area (Å²) in [5.41, 5.74) is 1.50. The van der Waals surface area contributed by atoms with Crippen LogP contribution in [-0.2, 0) is 22.6 Å². The van der Waals surface area contributed by atoms with Crippen LogP contribution in [0.15, 0.2) is 24.4 Å². The van der Waals surface area contributed by atoms with Gasteiger partial charge in [-0.3, -0.25) is 0 Å². The highest BCUT2D eigenvalue weighted by molar-refractivity contribution is 7.90. The Hall–Kier alpha value is -1.36. The third-order valence-corrected chi connectivity index (χ3v) is 4.48. The molecule has 2 aromatic rings. The Morgan fingerprint density at radius 1 is 1.35 bits per heavy atom. The minimum absolute atomic E-state index is 0.0374. The maximum Gasteiger partial charge on any atom is 0.154 e. The van der Waals surface area contributed by atoms with Crippen molar-refractivity contribution in [1.82, 2.24) is 4.57 Å². The highest BCUT2D eigenvalue weighted by atomic mass is 32.2. The van der Waals surface area contributed by atoms with Crippen molar-refractivity contribution in [3.63, 3.8) is 0 Å². The van der Waals surface area contributed by atoms with Gasteiger partial charge < -0.3 is 4.57 Å². The van der Waals surface area contributed by atoms with Crippen molar-refractivity contribution in [2.75, 3.05) is 5.75 Å². The summed E-state index contributed by atoms with van der Waals surface area (Å²) in [5, 5.41) is 0.671. The van der Waals surface area contributed by atoms with E-state index < -0.39 is 9.84 Å². The van der Waals surface area contributed by atoms with E-state index in [0.717, 1.165) is 5.52 Å². The molecule has 0 atom stereocenters. The Kier molecular flexibility index (Phi) is 2.95. The molecule has 0 aliphatic rings. The van der Waals surface area contributed by atoms with E-state index in [4.69, 9.17) is 0 Å². The van der Waals surface area contributed by atoms with Crippen LogP contribution in [0.4, 0.5) is 4.39 Å². The lowest BCUT2D eigenvalue weighted by Gasteiger charge is -1.99. The molecule has 0 N–H and O–H groups in total. The second-order valence-corrected chi connectivity index (χ2v) is 6.46. The molecule has 0 amide bonds. The normalized spacial score (nSPS) is 12.2. The fourth-order valence-corrected chi connectivity index (χ4v) is 2.81. The van der Waals surface area contributed by atoms with Crippen molar-refractivity contribution in [3.8, 4) is 0 Å². The van der Waals surface area contributed by atoms with E-state index in [1.54, 1.807) is 19.2 Å². The van der Waals surface area contributed by atoms with Gasteiger partial charge in [0.2, 0.25) is 0 Å². The van der Waals surface area contributed by atoms with Gasteiger partial charge in [-0.1, -0.05) is 6.92 Å². The minimum atomic E-state index is -3.10. The predicted octanol–water partition coefficient (Wildman–Crippen LogP) is 2.25. The highest BCUT2D eigenvalue weighted by Crippen LogP contribution is 2.23. The fourth-order valence-electron chi connectivity index (χ4n) is 1.90. The van der Waals surface area contributed by atoms with Gasteiger partial charge in [0.15, 0.2) is 9.84 Å². The Morgan fingerprint density at radius 2 is 2.06 bits per heavy atom. The number of hydrogen-bond donors (Lipinski definition) is 0.